The Hall–Kier alpha value is -2.08. The highest BCUT2D eigenvalue weighted by Crippen LogP contribution is 2.39. The number of hydrogen-bond acceptors (Lipinski definition) is 3. The van der Waals surface area contributed by atoms with E-state index in [2.05, 4.69) is 0 Å². The van der Waals surface area contributed by atoms with Crippen LogP contribution in [-0.2, 0) is 13.0 Å². The average molecular weight is 309 g/mol. The number of alkyl halides is 3. The minimum atomic E-state index is -4.51. The molecule has 3 rings (SSSR count). The molecule has 2 heterocycles. The van der Waals surface area contributed by atoms with Crippen LogP contribution in [0.25, 0.3) is 0 Å². The third kappa shape index (κ3) is 2.92. The van der Waals surface area contributed by atoms with Crippen LogP contribution in [0.3, 0.4) is 0 Å². The molecule has 0 saturated heterocycles. The monoisotopic (exact) mass is 309 g/mol. The second-order valence-corrected chi connectivity index (χ2v) is 5.30. The van der Waals surface area contributed by atoms with Crippen molar-refractivity contribution in [1.29, 1.82) is 0 Å². The lowest BCUT2D eigenvalue weighted by Crippen LogP contribution is -2.41. The highest BCUT2D eigenvalue weighted by Gasteiger charge is 2.47. The standard InChI is InChI=1S/C16H14F3NO2/c17-16(18,19)15(14-9-13(21)6-8-22-14)20-7-5-11-3-1-2-4-12(11)10-20/h1-4,6,8-9,15H,5,7,10H2. The first-order chi connectivity index (χ1) is 10.4. The van der Waals surface area contributed by atoms with E-state index >= 15 is 0 Å². The number of halogens is 3. The molecule has 1 unspecified atom stereocenters. The van der Waals surface area contributed by atoms with Crippen molar-refractivity contribution >= 4 is 0 Å². The summed E-state index contributed by atoms with van der Waals surface area (Å²) in [7, 11) is 0. The lowest BCUT2D eigenvalue weighted by Gasteiger charge is -2.35. The summed E-state index contributed by atoms with van der Waals surface area (Å²) < 4.78 is 45.5. The predicted octanol–water partition coefficient (Wildman–Crippen LogP) is 3.30. The van der Waals surface area contributed by atoms with Gasteiger partial charge in [-0.2, -0.15) is 13.2 Å². The van der Waals surface area contributed by atoms with Crippen LogP contribution in [-0.4, -0.2) is 17.6 Å². The molecule has 1 aliphatic heterocycles. The second-order valence-electron chi connectivity index (χ2n) is 5.30. The molecular formula is C16H14F3NO2. The molecule has 0 bridgehead atoms. The topological polar surface area (TPSA) is 33.5 Å². The van der Waals surface area contributed by atoms with Crippen LogP contribution < -0.4 is 5.43 Å². The number of rotatable bonds is 2. The Morgan fingerprint density at radius 1 is 1.14 bits per heavy atom. The Kier molecular flexibility index (Phi) is 3.78. The molecule has 1 atom stereocenters. The van der Waals surface area contributed by atoms with Crippen molar-refractivity contribution in [2.24, 2.45) is 0 Å². The van der Waals surface area contributed by atoms with Crippen molar-refractivity contribution in [1.82, 2.24) is 4.90 Å². The van der Waals surface area contributed by atoms with Gasteiger partial charge in [0.15, 0.2) is 11.5 Å². The molecular weight excluding hydrogens is 295 g/mol. The fourth-order valence-electron chi connectivity index (χ4n) is 2.83. The predicted molar refractivity (Wildman–Crippen MR) is 74.3 cm³/mol. The average Bonchev–Trinajstić information content (AvgIpc) is 2.46. The van der Waals surface area contributed by atoms with Crippen LogP contribution in [0.15, 0.2) is 51.9 Å². The Labute approximate surface area is 125 Å². The second kappa shape index (κ2) is 5.61. The maximum absolute atomic E-state index is 13.5. The summed E-state index contributed by atoms with van der Waals surface area (Å²) >= 11 is 0. The number of fused-ring (bicyclic) bond motifs is 1. The van der Waals surface area contributed by atoms with E-state index in [1.54, 1.807) is 0 Å². The molecule has 2 aromatic rings. The maximum Gasteiger partial charge on any atom is 0.411 e. The van der Waals surface area contributed by atoms with Gasteiger partial charge in [-0.15, -0.1) is 0 Å². The molecule has 0 saturated carbocycles. The number of hydrogen-bond donors (Lipinski definition) is 0. The summed E-state index contributed by atoms with van der Waals surface area (Å²) in [5, 5.41) is 0. The molecule has 0 spiro atoms. The van der Waals surface area contributed by atoms with Crippen molar-refractivity contribution in [3.05, 3.63) is 69.8 Å². The zero-order valence-corrected chi connectivity index (χ0v) is 11.6. The van der Waals surface area contributed by atoms with Crippen LogP contribution in [0.1, 0.15) is 22.9 Å². The first kappa shape index (κ1) is 14.8. The molecule has 6 heteroatoms. The summed E-state index contributed by atoms with van der Waals surface area (Å²) in [5.41, 5.74) is 1.45. The van der Waals surface area contributed by atoms with Gasteiger partial charge in [0.2, 0.25) is 0 Å². The summed E-state index contributed by atoms with van der Waals surface area (Å²) in [5.74, 6) is -0.362. The van der Waals surface area contributed by atoms with E-state index < -0.39 is 17.6 Å². The molecule has 1 aromatic carbocycles. The van der Waals surface area contributed by atoms with E-state index in [1.165, 1.54) is 4.90 Å². The van der Waals surface area contributed by atoms with E-state index in [-0.39, 0.29) is 18.8 Å². The first-order valence-electron chi connectivity index (χ1n) is 6.91. The smallest absolute Gasteiger partial charge is 0.411 e. The molecule has 0 aliphatic carbocycles. The summed E-state index contributed by atoms with van der Waals surface area (Å²) in [4.78, 5) is 12.7. The fraction of sp³-hybridized carbons (Fsp3) is 0.312. The minimum Gasteiger partial charge on any atom is -0.467 e. The van der Waals surface area contributed by atoms with Gasteiger partial charge in [0, 0.05) is 25.2 Å². The van der Waals surface area contributed by atoms with Crippen molar-refractivity contribution in [2.75, 3.05) is 6.54 Å². The molecule has 0 amide bonds. The molecule has 3 nitrogen and oxygen atoms in total. The van der Waals surface area contributed by atoms with Crippen molar-refractivity contribution in [2.45, 2.75) is 25.2 Å². The largest absolute Gasteiger partial charge is 0.467 e. The summed E-state index contributed by atoms with van der Waals surface area (Å²) in [6, 6.07) is 7.56. The van der Waals surface area contributed by atoms with E-state index in [4.69, 9.17) is 4.42 Å². The highest BCUT2D eigenvalue weighted by atomic mass is 19.4. The molecule has 1 aromatic heterocycles. The van der Waals surface area contributed by atoms with Gasteiger partial charge in [-0.05, 0) is 17.5 Å². The maximum atomic E-state index is 13.5. The van der Waals surface area contributed by atoms with Gasteiger partial charge in [-0.3, -0.25) is 9.69 Å². The summed E-state index contributed by atoms with van der Waals surface area (Å²) in [6.45, 7) is 0.443. The zero-order chi connectivity index (χ0) is 15.7. The van der Waals surface area contributed by atoms with Crippen LogP contribution in [0.5, 0.6) is 0 Å². The Bertz CT molecular complexity index is 724. The van der Waals surface area contributed by atoms with E-state index in [9.17, 15) is 18.0 Å². The third-order valence-corrected chi connectivity index (χ3v) is 3.83. The number of nitrogens with zero attached hydrogens (tertiary/aromatic N) is 1. The van der Waals surface area contributed by atoms with Crippen LogP contribution in [0.2, 0.25) is 0 Å². The first-order valence-corrected chi connectivity index (χ1v) is 6.91. The van der Waals surface area contributed by atoms with Crippen LogP contribution in [0, 0.1) is 0 Å². The van der Waals surface area contributed by atoms with Crippen molar-refractivity contribution < 1.29 is 17.6 Å². The van der Waals surface area contributed by atoms with E-state index in [0.717, 1.165) is 29.5 Å². The van der Waals surface area contributed by atoms with Gasteiger partial charge in [-0.1, -0.05) is 24.3 Å². The lowest BCUT2D eigenvalue weighted by molar-refractivity contribution is -0.193. The Balaban J connectivity index is 1.97. The SMILES string of the molecule is O=c1ccoc(C(N2CCc3ccccc3C2)C(F)(F)F)c1. The molecule has 116 valence electrons. The normalized spacial score (nSPS) is 17.0. The Morgan fingerprint density at radius 2 is 1.86 bits per heavy atom. The quantitative estimate of drug-likeness (QED) is 0.853. The molecule has 1 aliphatic rings. The van der Waals surface area contributed by atoms with E-state index in [1.807, 2.05) is 24.3 Å². The zero-order valence-electron chi connectivity index (χ0n) is 11.6. The van der Waals surface area contributed by atoms with Crippen molar-refractivity contribution in [3.63, 3.8) is 0 Å². The lowest BCUT2D eigenvalue weighted by atomic mass is 9.98. The highest BCUT2D eigenvalue weighted by molar-refractivity contribution is 5.29. The molecule has 0 N–H and O–H groups in total. The third-order valence-electron chi connectivity index (χ3n) is 3.83. The fourth-order valence-corrected chi connectivity index (χ4v) is 2.83. The molecule has 22 heavy (non-hydrogen) atoms. The van der Waals surface area contributed by atoms with Crippen LogP contribution >= 0.6 is 0 Å². The minimum absolute atomic E-state index is 0.180. The van der Waals surface area contributed by atoms with Crippen LogP contribution in [0.4, 0.5) is 13.2 Å². The Morgan fingerprint density at radius 3 is 2.55 bits per heavy atom. The van der Waals surface area contributed by atoms with Gasteiger partial charge in [0.25, 0.3) is 0 Å². The van der Waals surface area contributed by atoms with Gasteiger partial charge in [-0.25, -0.2) is 0 Å². The van der Waals surface area contributed by atoms with Gasteiger partial charge in [0.05, 0.1) is 6.26 Å². The molecule has 0 fully saturated rings. The van der Waals surface area contributed by atoms with Gasteiger partial charge in [0.1, 0.15) is 5.76 Å². The van der Waals surface area contributed by atoms with Gasteiger partial charge >= 0.3 is 6.18 Å². The molecule has 0 radical (unpaired) electrons. The van der Waals surface area contributed by atoms with Gasteiger partial charge < -0.3 is 4.42 Å². The number of benzene rings is 1. The van der Waals surface area contributed by atoms with Crippen molar-refractivity contribution in [3.8, 4) is 0 Å². The van der Waals surface area contributed by atoms with E-state index in [0.29, 0.717) is 6.42 Å². The summed E-state index contributed by atoms with van der Waals surface area (Å²) in [6.07, 6.45) is -2.96.